The van der Waals surface area contributed by atoms with E-state index in [4.69, 9.17) is 0 Å². The van der Waals surface area contributed by atoms with Crippen LogP contribution in [0.4, 0.5) is 0 Å². The fourth-order valence-electron chi connectivity index (χ4n) is 3.19. The van der Waals surface area contributed by atoms with Crippen molar-refractivity contribution in [1.82, 2.24) is 15.2 Å². The zero-order chi connectivity index (χ0) is 17.3. The molecule has 0 saturated carbocycles. The van der Waals surface area contributed by atoms with Crippen LogP contribution in [0.15, 0.2) is 28.7 Å². The molecule has 2 heterocycles. The second kappa shape index (κ2) is 6.89. The van der Waals surface area contributed by atoms with Crippen LogP contribution in [-0.4, -0.2) is 40.8 Å². The van der Waals surface area contributed by atoms with Crippen LogP contribution >= 0.6 is 15.9 Å². The number of aromatic nitrogens is 1. The smallest absolute Gasteiger partial charge is 0.254 e. The Morgan fingerprint density at radius 3 is 2.62 bits per heavy atom. The fourth-order valence-corrected chi connectivity index (χ4v) is 3.55. The Kier molecular flexibility index (Phi) is 4.85. The molecule has 0 spiro atoms. The van der Waals surface area contributed by atoms with Crippen LogP contribution in [0.2, 0.25) is 0 Å². The number of hydrogen-bond donors (Lipinski definition) is 1. The first-order valence-corrected chi connectivity index (χ1v) is 8.86. The Bertz CT molecular complexity index is 798. The van der Waals surface area contributed by atoms with Gasteiger partial charge in [0.25, 0.3) is 5.91 Å². The summed E-state index contributed by atoms with van der Waals surface area (Å²) in [6, 6.07) is 7.82. The van der Waals surface area contributed by atoms with Gasteiger partial charge < -0.3 is 10.2 Å². The SMILES string of the molecule is CC(=O)NC1CCN(C(=O)c2cc(C)nc3ccc(Br)cc23)CC1. The summed E-state index contributed by atoms with van der Waals surface area (Å²) in [5, 5.41) is 3.80. The number of halogens is 1. The highest BCUT2D eigenvalue weighted by Crippen LogP contribution is 2.25. The fraction of sp³-hybridized carbons (Fsp3) is 0.389. The number of carbonyl (C=O) groups is 2. The number of nitrogens with zero attached hydrogens (tertiary/aromatic N) is 2. The minimum atomic E-state index is -0.0135. The van der Waals surface area contributed by atoms with Gasteiger partial charge >= 0.3 is 0 Å². The molecule has 3 rings (SSSR count). The Morgan fingerprint density at radius 1 is 1.25 bits per heavy atom. The van der Waals surface area contributed by atoms with Crippen LogP contribution in [0.1, 0.15) is 35.8 Å². The Morgan fingerprint density at radius 2 is 1.96 bits per heavy atom. The lowest BCUT2D eigenvalue weighted by Crippen LogP contribution is -2.46. The van der Waals surface area contributed by atoms with Crippen molar-refractivity contribution in [3.63, 3.8) is 0 Å². The summed E-state index contributed by atoms with van der Waals surface area (Å²) in [5.74, 6) is 0.0188. The molecule has 1 aromatic carbocycles. The summed E-state index contributed by atoms with van der Waals surface area (Å²) in [5.41, 5.74) is 2.35. The van der Waals surface area contributed by atoms with Crippen LogP contribution in [0.3, 0.4) is 0 Å². The van der Waals surface area contributed by atoms with Crippen LogP contribution in [-0.2, 0) is 4.79 Å². The predicted octanol–water partition coefficient (Wildman–Crippen LogP) is 3.05. The topological polar surface area (TPSA) is 62.3 Å². The molecule has 0 unspecified atom stereocenters. The van der Waals surface area contributed by atoms with E-state index in [9.17, 15) is 9.59 Å². The lowest BCUT2D eigenvalue weighted by molar-refractivity contribution is -0.119. The molecular weight excluding hydrogens is 370 g/mol. The second-order valence-corrected chi connectivity index (χ2v) is 7.16. The van der Waals surface area contributed by atoms with E-state index in [1.807, 2.05) is 36.1 Å². The third-order valence-electron chi connectivity index (χ3n) is 4.32. The molecular formula is C18H20BrN3O2. The summed E-state index contributed by atoms with van der Waals surface area (Å²) in [6.07, 6.45) is 1.58. The minimum absolute atomic E-state index is 0.0135. The number of piperidine rings is 1. The van der Waals surface area contributed by atoms with Gasteiger partial charge in [0.2, 0.25) is 5.91 Å². The second-order valence-electron chi connectivity index (χ2n) is 6.24. The van der Waals surface area contributed by atoms with E-state index >= 15 is 0 Å². The maximum atomic E-state index is 13.0. The molecule has 126 valence electrons. The Hall–Kier alpha value is -1.95. The third-order valence-corrected chi connectivity index (χ3v) is 4.81. The molecule has 1 aliphatic rings. The number of hydrogen-bond acceptors (Lipinski definition) is 3. The van der Waals surface area contributed by atoms with Gasteiger partial charge in [-0.3, -0.25) is 14.6 Å². The minimum Gasteiger partial charge on any atom is -0.353 e. The zero-order valence-corrected chi connectivity index (χ0v) is 15.4. The molecule has 1 fully saturated rings. The normalized spacial score (nSPS) is 15.5. The number of fused-ring (bicyclic) bond motifs is 1. The molecule has 1 N–H and O–H groups in total. The molecule has 5 nitrogen and oxygen atoms in total. The van der Waals surface area contributed by atoms with Gasteiger partial charge in [0.15, 0.2) is 0 Å². The summed E-state index contributed by atoms with van der Waals surface area (Å²) >= 11 is 3.47. The standard InChI is InChI=1S/C18H20BrN3O2/c1-11-9-16(15-10-13(19)3-4-17(15)20-11)18(24)22-7-5-14(6-8-22)21-12(2)23/h3-4,9-10,14H,5-8H2,1-2H3,(H,21,23). The molecule has 0 radical (unpaired) electrons. The van der Waals surface area contributed by atoms with Crippen molar-refractivity contribution in [1.29, 1.82) is 0 Å². The van der Waals surface area contributed by atoms with E-state index in [1.165, 1.54) is 6.92 Å². The number of amides is 2. The van der Waals surface area contributed by atoms with Crippen LogP contribution < -0.4 is 5.32 Å². The number of benzene rings is 1. The molecule has 0 atom stereocenters. The summed E-state index contributed by atoms with van der Waals surface area (Å²) in [6.45, 7) is 4.74. The van der Waals surface area contributed by atoms with E-state index in [0.29, 0.717) is 18.7 Å². The molecule has 1 saturated heterocycles. The van der Waals surface area contributed by atoms with Gasteiger partial charge in [-0.25, -0.2) is 0 Å². The van der Waals surface area contributed by atoms with E-state index in [0.717, 1.165) is 33.9 Å². The summed E-state index contributed by atoms with van der Waals surface area (Å²) in [4.78, 5) is 30.5. The van der Waals surface area contributed by atoms with Crippen molar-refractivity contribution in [2.45, 2.75) is 32.7 Å². The van der Waals surface area contributed by atoms with Crippen molar-refractivity contribution in [2.75, 3.05) is 13.1 Å². The van der Waals surface area contributed by atoms with Gasteiger partial charge in [-0.2, -0.15) is 0 Å². The van der Waals surface area contributed by atoms with Crippen LogP contribution in [0.25, 0.3) is 10.9 Å². The van der Waals surface area contributed by atoms with Gasteiger partial charge in [0.05, 0.1) is 11.1 Å². The lowest BCUT2D eigenvalue weighted by atomic mass is 10.0. The molecule has 1 aromatic heterocycles. The van der Waals surface area contributed by atoms with E-state index in [2.05, 4.69) is 26.2 Å². The summed E-state index contributed by atoms with van der Waals surface area (Å²) in [7, 11) is 0. The first kappa shape index (κ1) is 16.9. The van der Waals surface area contributed by atoms with E-state index in [-0.39, 0.29) is 17.9 Å². The number of nitrogens with one attached hydrogen (secondary N) is 1. The first-order chi connectivity index (χ1) is 11.4. The van der Waals surface area contributed by atoms with Crippen molar-refractivity contribution in [3.8, 4) is 0 Å². The quantitative estimate of drug-likeness (QED) is 0.858. The zero-order valence-electron chi connectivity index (χ0n) is 13.8. The highest BCUT2D eigenvalue weighted by atomic mass is 79.9. The number of aryl methyl sites for hydroxylation is 1. The van der Waals surface area contributed by atoms with E-state index in [1.54, 1.807) is 0 Å². The van der Waals surface area contributed by atoms with E-state index < -0.39 is 0 Å². The number of likely N-dealkylation sites (tertiary alicyclic amines) is 1. The van der Waals surface area contributed by atoms with Crippen molar-refractivity contribution < 1.29 is 9.59 Å². The number of rotatable bonds is 2. The van der Waals surface area contributed by atoms with Crippen LogP contribution in [0, 0.1) is 6.92 Å². The molecule has 0 bridgehead atoms. The first-order valence-electron chi connectivity index (χ1n) is 8.07. The van der Waals surface area contributed by atoms with Gasteiger partial charge in [-0.05, 0) is 44.0 Å². The third kappa shape index (κ3) is 3.59. The maximum Gasteiger partial charge on any atom is 0.254 e. The molecule has 24 heavy (non-hydrogen) atoms. The van der Waals surface area contributed by atoms with Gasteiger partial charge in [-0.1, -0.05) is 15.9 Å². The molecule has 0 aliphatic carbocycles. The maximum absolute atomic E-state index is 13.0. The van der Waals surface area contributed by atoms with Crippen LogP contribution in [0.5, 0.6) is 0 Å². The highest BCUT2D eigenvalue weighted by molar-refractivity contribution is 9.10. The number of carbonyl (C=O) groups excluding carboxylic acids is 2. The predicted molar refractivity (Wildman–Crippen MR) is 96.9 cm³/mol. The van der Waals surface area contributed by atoms with Gasteiger partial charge in [0, 0.05) is 41.6 Å². The van der Waals surface area contributed by atoms with Crippen molar-refractivity contribution in [2.24, 2.45) is 0 Å². The largest absolute Gasteiger partial charge is 0.353 e. The van der Waals surface area contributed by atoms with Gasteiger partial charge in [-0.15, -0.1) is 0 Å². The summed E-state index contributed by atoms with van der Waals surface area (Å²) < 4.78 is 0.930. The average Bonchev–Trinajstić information content (AvgIpc) is 2.54. The Balaban J connectivity index is 1.84. The monoisotopic (exact) mass is 389 g/mol. The number of pyridine rings is 1. The van der Waals surface area contributed by atoms with Crippen molar-refractivity contribution >= 4 is 38.6 Å². The molecule has 2 amide bonds. The molecule has 6 heteroatoms. The van der Waals surface area contributed by atoms with Crippen molar-refractivity contribution in [3.05, 3.63) is 40.0 Å². The lowest BCUT2D eigenvalue weighted by Gasteiger charge is -2.32. The van der Waals surface area contributed by atoms with Gasteiger partial charge in [0.1, 0.15) is 0 Å². The Labute approximate surface area is 149 Å². The molecule has 2 aromatic rings. The average molecular weight is 390 g/mol. The molecule has 1 aliphatic heterocycles. The highest BCUT2D eigenvalue weighted by Gasteiger charge is 2.25.